The van der Waals surface area contributed by atoms with Gasteiger partial charge in [-0.25, -0.2) is 0 Å². The van der Waals surface area contributed by atoms with Crippen LogP contribution in [0, 0.1) is 0 Å². The van der Waals surface area contributed by atoms with Crippen molar-refractivity contribution in [1.29, 1.82) is 0 Å². The van der Waals surface area contributed by atoms with E-state index in [2.05, 4.69) is 4.18 Å². The Labute approximate surface area is 108 Å². The molecule has 0 aliphatic carbocycles. The Kier molecular flexibility index (Phi) is 3.74. The van der Waals surface area contributed by atoms with E-state index < -0.39 is 10.1 Å². The molecule has 2 rings (SSSR count). The average Bonchev–Trinajstić information content (AvgIpc) is 2.81. The number of nitrogens with zero attached hydrogens (tertiary/aromatic N) is 1. The van der Waals surface area contributed by atoms with Gasteiger partial charge >= 0.3 is 0 Å². The SMILES string of the molecule is CS(=O)(=O)OCN1CC=C(c2ccc(Cl)s2)O1. The molecular formula is C9H10ClNO4S2. The van der Waals surface area contributed by atoms with Crippen LogP contribution in [0.4, 0.5) is 0 Å². The largest absolute Gasteiger partial charge is 0.402 e. The first-order valence-corrected chi connectivity index (χ1v) is 7.68. The topological polar surface area (TPSA) is 55.8 Å². The lowest BCUT2D eigenvalue weighted by molar-refractivity contribution is -0.105. The summed E-state index contributed by atoms with van der Waals surface area (Å²) in [6.07, 6.45) is 2.84. The van der Waals surface area contributed by atoms with Crippen molar-refractivity contribution >= 4 is 38.8 Å². The predicted molar refractivity (Wildman–Crippen MR) is 65.9 cm³/mol. The maximum atomic E-state index is 10.8. The highest BCUT2D eigenvalue weighted by Gasteiger charge is 2.20. The van der Waals surface area contributed by atoms with E-state index in [1.54, 1.807) is 6.07 Å². The molecule has 94 valence electrons. The molecule has 0 bridgehead atoms. The Morgan fingerprint density at radius 3 is 2.94 bits per heavy atom. The second kappa shape index (κ2) is 4.95. The molecule has 0 aromatic carbocycles. The molecule has 0 spiro atoms. The average molecular weight is 296 g/mol. The Morgan fingerprint density at radius 1 is 1.59 bits per heavy atom. The van der Waals surface area contributed by atoms with Crippen LogP contribution in [0.25, 0.3) is 5.76 Å². The molecule has 1 aromatic heterocycles. The van der Waals surface area contributed by atoms with Gasteiger partial charge in [0.25, 0.3) is 10.1 Å². The molecule has 0 radical (unpaired) electrons. The van der Waals surface area contributed by atoms with Crippen molar-refractivity contribution < 1.29 is 17.4 Å². The summed E-state index contributed by atoms with van der Waals surface area (Å²) in [7, 11) is -3.45. The Hall–Kier alpha value is -0.600. The van der Waals surface area contributed by atoms with Gasteiger partial charge in [-0.15, -0.1) is 16.4 Å². The Morgan fingerprint density at radius 2 is 2.35 bits per heavy atom. The third-order valence-electron chi connectivity index (χ3n) is 1.93. The van der Waals surface area contributed by atoms with Crippen LogP contribution in [0.15, 0.2) is 18.2 Å². The lowest BCUT2D eigenvalue weighted by Crippen LogP contribution is -2.24. The first-order chi connectivity index (χ1) is 7.94. The van der Waals surface area contributed by atoms with Gasteiger partial charge in [0.1, 0.15) is 0 Å². The van der Waals surface area contributed by atoms with E-state index >= 15 is 0 Å². The van der Waals surface area contributed by atoms with Crippen molar-refractivity contribution in [2.75, 3.05) is 19.5 Å². The van der Waals surface area contributed by atoms with Crippen LogP contribution in [-0.4, -0.2) is 33.0 Å². The molecule has 0 unspecified atom stereocenters. The van der Waals surface area contributed by atoms with Gasteiger partial charge in [0.2, 0.25) is 0 Å². The lowest BCUT2D eigenvalue weighted by Gasteiger charge is -2.14. The highest BCUT2D eigenvalue weighted by Crippen LogP contribution is 2.31. The zero-order chi connectivity index (χ0) is 12.5. The van der Waals surface area contributed by atoms with Crippen LogP contribution >= 0.6 is 22.9 Å². The normalized spacial score (nSPS) is 16.9. The summed E-state index contributed by atoms with van der Waals surface area (Å²) in [5, 5.41) is 1.41. The fourth-order valence-electron chi connectivity index (χ4n) is 1.22. The molecule has 0 fully saturated rings. The minimum Gasteiger partial charge on any atom is -0.402 e. The quantitative estimate of drug-likeness (QED) is 0.794. The number of hydrogen-bond acceptors (Lipinski definition) is 6. The third kappa shape index (κ3) is 3.68. The molecule has 0 atom stereocenters. The lowest BCUT2D eigenvalue weighted by atomic mass is 10.4. The second-order valence-electron chi connectivity index (χ2n) is 3.38. The van der Waals surface area contributed by atoms with Crippen molar-refractivity contribution in [3.8, 4) is 0 Å². The van der Waals surface area contributed by atoms with E-state index in [0.29, 0.717) is 16.6 Å². The Bertz CT molecular complexity index is 537. The molecular weight excluding hydrogens is 286 g/mol. The van der Waals surface area contributed by atoms with Crippen molar-refractivity contribution in [3.05, 3.63) is 27.4 Å². The van der Waals surface area contributed by atoms with Gasteiger partial charge in [-0.05, 0) is 18.2 Å². The maximum Gasteiger partial charge on any atom is 0.265 e. The summed E-state index contributed by atoms with van der Waals surface area (Å²) in [6, 6.07) is 3.63. The number of halogens is 1. The summed E-state index contributed by atoms with van der Waals surface area (Å²) in [5.41, 5.74) is 0. The number of hydrogen-bond donors (Lipinski definition) is 0. The zero-order valence-corrected chi connectivity index (χ0v) is 11.3. The van der Waals surface area contributed by atoms with Gasteiger partial charge in [0.05, 0.1) is 22.0 Å². The van der Waals surface area contributed by atoms with E-state index in [1.807, 2.05) is 12.1 Å². The molecule has 5 nitrogen and oxygen atoms in total. The summed E-state index contributed by atoms with van der Waals surface area (Å²) < 4.78 is 26.9. The van der Waals surface area contributed by atoms with Crippen LogP contribution in [0.5, 0.6) is 0 Å². The number of rotatable bonds is 4. The molecule has 0 saturated heterocycles. The fraction of sp³-hybridized carbons (Fsp3) is 0.333. The van der Waals surface area contributed by atoms with E-state index in [9.17, 15) is 8.42 Å². The van der Waals surface area contributed by atoms with Gasteiger partial charge in [-0.1, -0.05) is 11.6 Å². The zero-order valence-electron chi connectivity index (χ0n) is 8.92. The van der Waals surface area contributed by atoms with Gasteiger partial charge in [0.15, 0.2) is 12.5 Å². The molecule has 0 amide bonds. The summed E-state index contributed by atoms with van der Waals surface area (Å²) >= 11 is 7.21. The van der Waals surface area contributed by atoms with Crippen LogP contribution in [0.2, 0.25) is 4.34 Å². The van der Waals surface area contributed by atoms with E-state index in [1.165, 1.54) is 16.4 Å². The van der Waals surface area contributed by atoms with Crippen LogP contribution in [0.3, 0.4) is 0 Å². The molecule has 0 saturated carbocycles. The summed E-state index contributed by atoms with van der Waals surface area (Å²) in [5.74, 6) is 0.666. The first-order valence-electron chi connectivity index (χ1n) is 4.67. The predicted octanol–water partition coefficient (Wildman–Crippen LogP) is 1.92. The molecule has 17 heavy (non-hydrogen) atoms. The molecule has 1 aliphatic rings. The van der Waals surface area contributed by atoms with Gasteiger partial charge in [0, 0.05) is 0 Å². The molecule has 2 heterocycles. The minimum absolute atomic E-state index is 0.127. The summed E-state index contributed by atoms with van der Waals surface area (Å²) in [6.45, 7) is 0.346. The van der Waals surface area contributed by atoms with E-state index in [0.717, 1.165) is 11.1 Å². The van der Waals surface area contributed by atoms with E-state index in [4.69, 9.17) is 16.4 Å². The fourth-order valence-corrected chi connectivity index (χ4v) is 2.55. The van der Waals surface area contributed by atoms with Crippen molar-refractivity contribution in [3.63, 3.8) is 0 Å². The molecule has 0 N–H and O–H groups in total. The van der Waals surface area contributed by atoms with Crippen molar-refractivity contribution in [2.24, 2.45) is 0 Å². The third-order valence-corrected chi connectivity index (χ3v) is 3.71. The first kappa shape index (κ1) is 12.8. The minimum atomic E-state index is -3.45. The van der Waals surface area contributed by atoms with Gasteiger partial charge in [-0.3, -0.25) is 4.18 Å². The highest BCUT2D eigenvalue weighted by molar-refractivity contribution is 7.85. The van der Waals surface area contributed by atoms with Gasteiger partial charge in [-0.2, -0.15) is 8.42 Å². The molecule has 1 aromatic rings. The van der Waals surface area contributed by atoms with Gasteiger partial charge < -0.3 is 4.84 Å². The number of thiophene rings is 1. The second-order valence-corrected chi connectivity index (χ2v) is 6.74. The number of hydroxylamine groups is 2. The molecule has 1 aliphatic heterocycles. The Balaban J connectivity index is 1.91. The summed E-state index contributed by atoms with van der Waals surface area (Å²) in [4.78, 5) is 6.31. The standard InChI is InChI=1S/C9H10ClNO4S2/c1-17(12,13)14-6-11-5-4-7(15-11)8-2-3-9(10)16-8/h2-4H,5-6H2,1H3. The smallest absolute Gasteiger partial charge is 0.265 e. The van der Waals surface area contributed by atoms with Crippen LogP contribution in [0.1, 0.15) is 4.88 Å². The van der Waals surface area contributed by atoms with E-state index in [-0.39, 0.29) is 6.73 Å². The maximum absolute atomic E-state index is 10.8. The van der Waals surface area contributed by atoms with Crippen molar-refractivity contribution in [1.82, 2.24) is 5.06 Å². The molecule has 8 heteroatoms. The highest BCUT2D eigenvalue weighted by atomic mass is 35.5. The monoisotopic (exact) mass is 295 g/mol. The van der Waals surface area contributed by atoms with Crippen molar-refractivity contribution in [2.45, 2.75) is 0 Å². The van der Waals surface area contributed by atoms with Crippen LogP contribution in [-0.2, 0) is 19.1 Å². The van der Waals surface area contributed by atoms with Crippen LogP contribution < -0.4 is 0 Å².